The number of nitrogens with two attached hydrogens (primary N) is 2. The summed E-state index contributed by atoms with van der Waals surface area (Å²) in [6.07, 6.45) is 3.69. The molecule has 0 aliphatic heterocycles. The molecule has 0 spiro atoms. The normalized spacial score (nSPS) is 10.7. The molecular weight excluding hydrogens is 324 g/mol. The number of pyridine rings is 1. The molecule has 134 valence electrons. The molecule has 6 heteroatoms. The first-order valence-electron chi connectivity index (χ1n) is 8.68. The summed E-state index contributed by atoms with van der Waals surface area (Å²) in [7, 11) is 0. The lowest BCUT2D eigenvalue weighted by Gasteiger charge is -2.11. The highest BCUT2D eigenvalue weighted by Crippen LogP contribution is 2.26. The number of anilines is 3. The second-order valence-electron chi connectivity index (χ2n) is 6.37. The van der Waals surface area contributed by atoms with Crippen molar-refractivity contribution in [2.24, 2.45) is 0 Å². The summed E-state index contributed by atoms with van der Waals surface area (Å²) in [6.45, 7) is 4.97. The number of nitrogen functional groups attached to an aromatic ring is 2. The van der Waals surface area contributed by atoms with Crippen molar-refractivity contribution in [1.82, 2.24) is 15.0 Å². The number of nitrogens with one attached hydrogen (secondary N) is 1. The molecule has 0 amide bonds. The average Bonchev–Trinajstić information content (AvgIpc) is 2.62. The van der Waals surface area contributed by atoms with Crippen molar-refractivity contribution < 1.29 is 0 Å². The van der Waals surface area contributed by atoms with Crippen molar-refractivity contribution in [3.63, 3.8) is 0 Å². The van der Waals surface area contributed by atoms with Crippen molar-refractivity contribution in [3.8, 4) is 11.3 Å². The van der Waals surface area contributed by atoms with Gasteiger partial charge in [0.25, 0.3) is 0 Å². The van der Waals surface area contributed by atoms with Gasteiger partial charge in [0.15, 0.2) is 0 Å². The largest absolute Gasteiger partial charge is 0.384 e. The van der Waals surface area contributed by atoms with Crippen molar-refractivity contribution in [1.29, 1.82) is 0 Å². The lowest BCUT2D eigenvalue weighted by molar-refractivity contribution is 0.854. The number of aryl methyl sites for hydroxylation is 2. The van der Waals surface area contributed by atoms with E-state index in [-0.39, 0.29) is 5.95 Å². The van der Waals surface area contributed by atoms with Crippen LogP contribution in [0.1, 0.15) is 23.1 Å². The molecule has 0 atom stereocenters. The van der Waals surface area contributed by atoms with Crippen molar-refractivity contribution in [2.45, 2.75) is 26.7 Å². The van der Waals surface area contributed by atoms with Crippen LogP contribution in [0.4, 0.5) is 17.6 Å². The minimum absolute atomic E-state index is 0.272. The number of nitrogens with zero attached hydrogens (tertiary/aromatic N) is 3. The molecule has 0 saturated heterocycles. The summed E-state index contributed by atoms with van der Waals surface area (Å²) < 4.78 is 0. The summed E-state index contributed by atoms with van der Waals surface area (Å²) in [5.74, 6) is 1.56. The van der Waals surface area contributed by atoms with E-state index in [9.17, 15) is 0 Å². The Labute approximate surface area is 153 Å². The van der Waals surface area contributed by atoms with E-state index in [0.717, 1.165) is 36.5 Å². The summed E-state index contributed by atoms with van der Waals surface area (Å²) in [4.78, 5) is 12.8. The SMILES string of the molecule is Cc1cccc(-c2cc(NCCCc3ccc(N)nc3)nc(N)n2)c1C. The topological polar surface area (TPSA) is 103 Å². The van der Waals surface area contributed by atoms with Gasteiger partial charge < -0.3 is 16.8 Å². The van der Waals surface area contributed by atoms with Crippen LogP contribution in [0, 0.1) is 13.8 Å². The van der Waals surface area contributed by atoms with Gasteiger partial charge in [-0.3, -0.25) is 0 Å². The first-order chi connectivity index (χ1) is 12.5. The predicted octanol–water partition coefficient (Wildman–Crippen LogP) is 3.36. The van der Waals surface area contributed by atoms with Gasteiger partial charge in [-0.05, 0) is 49.4 Å². The molecule has 3 rings (SSSR count). The average molecular weight is 348 g/mol. The fraction of sp³-hybridized carbons (Fsp3) is 0.250. The van der Waals surface area contributed by atoms with E-state index < -0.39 is 0 Å². The van der Waals surface area contributed by atoms with Crippen molar-refractivity contribution >= 4 is 17.6 Å². The van der Waals surface area contributed by atoms with Crippen LogP contribution in [-0.4, -0.2) is 21.5 Å². The Morgan fingerprint density at radius 3 is 2.65 bits per heavy atom. The van der Waals surface area contributed by atoms with Crippen LogP contribution in [0.15, 0.2) is 42.6 Å². The lowest BCUT2D eigenvalue weighted by Crippen LogP contribution is -2.07. The Morgan fingerprint density at radius 2 is 1.88 bits per heavy atom. The maximum absolute atomic E-state index is 5.91. The zero-order valence-corrected chi connectivity index (χ0v) is 15.2. The number of hydrogen-bond donors (Lipinski definition) is 3. The van der Waals surface area contributed by atoms with E-state index in [2.05, 4.69) is 46.2 Å². The quantitative estimate of drug-likeness (QED) is 0.590. The van der Waals surface area contributed by atoms with Gasteiger partial charge in [0.2, 0.25) is 5.95 Å². The Bertz CT molecular complexity index is 889. The number of hydrogen-bond acceptors (Lipinski definition) is 6. The molecular formula is C20H24N6. The molecule has 6 nitrogen and oxygen atoms in total. The third-order valence-electron chi connectivity index (χ3n) is 4.42. The molecule has 0 radical (unpaired) electrons. The molecule has 1 aromatic carbocycles. The molecule has 0 saturated carbocycles. The lowest BCUT2D eigenvalue weighted by atomic mass is 10.0. The zero-order valence-electron chi connectivity index (χ0n) is 15.2. The zero-order chi connectivity index (χ0) is 18.5. The Hall–Kier alpha value is -3.15. The molecule has 5 N–H and O–H groups in total. The van der Waals surface area contributed by atoms with E-state index in [1.807, 2.05) is 30.5 Å². The van der Waals surface area contributed by atoms with Crippen LogP contribution < -0.4 is 16.8 Å². The van der Waals surface area contributed by atoms with Crippen LogP contribution in [0.5, 0.6) is 0 Å². The maximum atomic E-state index is 5.91. The standard InChI is InChI=1S/C20H24N6/c1-13-5-3-7-16(14(13)2)17-11-19(26-20(22)25-17)23-10-4-6-15-8-9-18(21)24-12-15/h3,5,7-9,11-12H,4,6,10H2,1-2H3,(H2,21,24)(H3,22,23,25,26). The highest BCUT2D eigenvalue weighted by Gasteiger charge is 2.08. The van der Waals surface area contributed by atoms with Gasteiger partial charge in [-0.25, -0.2) is 9.97 Å². The summed E-state index contributed by atoms with van der Waals surface area (Å²) >= 11 is 0. The van der Waals surface area contributed by atoms with Gasteiger partial charge in [0.05, 0.1) is 5.69 Å². The highest BCUT2D eigenvalue weighted by molar-refractivity contribution is 5.68. The van der Waals surface area contributed by atoms with E-state index in [4.69, 9.17) is 11.5 Å². The number of rotatable bonds is 6. The summed E-state index contributed by atoms with van der Waals surface area (Å²) in [6, 6.07) is 12.0. The predicted molar refractivity (Wildman–Crippen MR) is 107 cm³/mol. The smallest absolute Gasteiger partial charge is 0.222 e. The van der Waals surface area contributed by atoms with Gasteiger partial charge in [-0.1, -0.05) is 24.3 Å². The van der Waals surface area contributed by atoms with E-state index in [0.29, 0.717) is 5.82 Å². The van der Waals surface area contributed by atoms with E-state index in [1.54, 1.807) is 0 Å². The van der Waals surface area contributed by atoms with Crippen LogP contribution in [0.25, 0.3) is 11.3 Å². The van der Waals surface area contributed by atoms with Gasteiger partial charge in [0.1, 0.15) is 11.6 Å². The van der Waals surface area contributed by atoms with Crippen LogP contribution >= 0.6 is 0 Å². The van der Waals surface area contributed by atoms with E-state index >= 15 is 0 Å². The van der Waals surface area contributed by atoms with E-state index in [1.165, 1.54) is 16.7 Å². The summed E-state index contributed by atoms with van der Waals surface area (Å²) in [5.41, 5.74) is 17.0. The summed E-state index contributed by atoms with van der Waals surface area (Å²) in [5, 5.41) is 3.34. The monoisotopic (exact) mass is 348 g/mol. The fourth-order valence-corrected chi connectivity index (χ4v) is 2.82. The Kier molecular flexibility index (Phi) is 5.31. The minimum Gasteiger partial charge on any atom is -0.384 e. The highest BCUT2D eigenvalue weighted by atomic mass is 15.1. The molecule has 0 fully saturated rings. The van der Waals surface area contributed by atoms with Gasteiger partial charge >= 0.3 is 0 Å². The second kappa shape index (κ2) is 7.82. The third-order valence-corrected chi connectivity index (χ3v) is 4.42. The maximum Gasteiger partial charge on any atom is 0.222 e. The molecule has 2 heterocycles. The molecule has 3 aromatic rings. The van der Waals surface area contributed by atoms with Crippen molar-refractivity contribution in [3.05, 3.63) is 59.3 Å². The Balaban J connectivity index is 1.66. The van der Waals surface area contributed by atoms with Gasteiger partial charge in [-0.15, -0.1) is 0 Å². The number of benzene rings is 1. The molecule has 0 aliphatic rings. The van der Waals surface area contributed by atoms with Crippen LogP contribution in [-0.2, 0) is 6.42 Å². The minimum atomic E-state index is 0.272. The molecule has 0 unspecified atom stereocenters. The van der Waals surface area contributed by atoms with Gasteiger partial charge in [0, 0.05) is 24.4 Å². The molecule has 0 aliphatic carbocycles. The number of aromatic nitrogens is 3. The molecule has 26 heavy (non-hydrogen) atoms. The molecule has 2 aromatic heterocycles. The second-order valence-corrected chi connectivity index (χ2v) is 6.37. The molecule has 0 bridgehead atoms. The van der Waals surface area contributed by atoms with Crippen LogP contribution in [0.2, 0.25) is 0 Å². The fourth-order valence-electron chi connectivity index (χ4n) is 2.82. The first kappa shape index (κ1) is 17.7. The first-order valence-corrected chi connectivity index (χ1v) is 8.68. The Morgan fingerprint density at radius 1 is 1.04 bits per heavy atom. The third kappa shape index (κ3) is 4.27. The van der Waals surface area contributed by atoms with Crippen molar-refractivity contribution in [2.75, 3.05) is 23.3 Å². The van der Waals surface area contributed by atoms with Crippen LogP contribution in [0.3, 0.4) is 0 Å². The van der Waals surface area contributed by atoms with Gasteiger partial charge in [-0.2, -0.15) is 4.98 Å².